The topological polar surface area (TPSA) is 107 Å². The van der Waals surface area contributed by atoms with E-state index in [9.17, 15) is 15.0 Å². The van der Waals surface area contributed by atoms with Crippen molar-refractivity contribution in [2.24, 2.45) is 0 Å². The van der Waals surface area contributed by atoms with Crippen LogP contribution >= 0.6 is 0 Å². The molecule has 0 aromatic carbocycles. The number of esters is 1. The lowest BCUT2D eigenvalue weighted by Gasteiger charge is -2.19. The molecule has 0 bridgehead atoms. The Labute approximate surface area is 165 Å². The number of rotatable bonds is 16. The highest BCUT2D eigenvalue weighted by atomic mass is 16.5. The average molecular weight is 393 g/mol. The molecule has 0 rings (SSSR count). The van der Waals surface area contributed by atoms with Crippen LogP contribution in [0.4, 0.5) is 0 Å². The Morgan fingerprint density at radius 3 is 1.63 bits per heavy atom. The third kappa shape index (κ3) is 21.5. The summed E-state index contributed by atoms with van der Waals surface area (Å²) in [7, 11) is 0. The van der Waals surface area contributed by atoms with Crippen LogP contribution in [0.25, 0.3) is 0 Å². The van der Waals surface area contributed by atoms with E-state index in [0.717, 1.165) is 19.3 Å². The van der Waals surface area contributed by atoms with Crippen LogP contribution in [0, 0.1) is 0 Å². The second-order valence-electron chi connectivity index (χ2n) is 7.08. The van der Waals surface area contributed by atoms with Crippen molar-refractivity contribution in [3.63, 3.8) is 0 Å². The molecule has 0 saturated carbocycles. The second-order valence-corrected chi connectivity index (χ2v) is 7.08. The predicted octanol–water partition coefficient (Wildman–Crippen LogP) is 3.33. The van der Waals surface area contributed by atoms with Crippen molar-refractivity contribution in [2.75, 3.05) is 13.2 Å². The van der Waals surface area contributed by atoms with Gasteiger partial charge in [-0.05, 0) is 20.3 Å². The fraction of sp³-hybridized carbons (Fsp3) is 0.952. The van der Waals surface area contributed by atoms with E-state index in [1.54, 1.807) is 6.92 Å². The maximum atomic E-state index is 11.5. The number of aliphatic hydroxyl groups is 4. The molecule has 0 radical (unpaired) electrons. The van der Waals surface area contributed by atoms with E-state index >= 15 is 0 Å². The van der Waals surface area contributed by atoms with Crippen LogP contribution in [0.2, 0.25) is 0 Å². The number of hydrogen-bond donors (Lipinski definition) is 4. The number of hydrogen-bond acceptors (Lipinski definition) is 6. The van der Waals surface area contributed by atoms with Crippen LogP contribution in [0.15, 0.2) is 0 Å². The van der Waals surface area contributed by atoms with Crippen LogP contribution in [0.5, 0.6) is 0 Å². The predicted molar refractivity (Wildman–Crippen MR) is 108 cm³/mol. The molecule has 27 heavy (non-hydrogen) atoms. The fourth-order valence-corrected chi connectivity index (χ4v) is 2.60. The molecule has 0 aromatic heterocycles. The molecule has 6 nitrogen and oxygen atoms in total. The Hall–Kier alpha value is -0.690. The van der Waals surface area contributed by atoms with Gasteiger partial charge in [-0.1, -0.05) is 71.1 Å². The van der Waals surface area contributed by atoms with Gasteiger partial charge in [0.25, 0.3) is 0 Å². The molecule has 0 spiro atoms. The van der Waals surface area contributed by atoms with E-state index in [4.69, 9.17) is 14.9 Å². The summed E-state index contributed by atoms with van der Waals surface area (Å²) in [5.74, 6) is -0.359. The first-order chi connectivity index (χ1) is 12.9. The van der Waals surface area contributed by atoms with E-state index in [1.165, 1.54) is 58.3 Å². The Bertz CT molecular complexity index is 309. The van der Waals surface area contributed by atoms with E-state index in [2.05, 4.69) is 6.92 Å². The van der Waals surface area contributed by atoms with Crippen LogP contribution in [0.1, 0.15) is 97.8 Å². The molecule has 164 valence electrons. The summed E-state index contributed by atoms with van der Waals surface area (Å²) in [5.41, 5.74) is 0. The van der Waals surface area contributed by atoms with Gasteiger partial charge in [-0.25, -0.2) is 0 Å². The standard InChI is InChI=1S/C19H38O5.C2H6O/c1-3-4-5-6-7-8-9-10-11-12-13-14-18(22)24-15-17(21)19(23)16(2)20;1-2-3/h16-17,19-21,23H,3-15H2,1-2H3;3H,2H2,1H3. The molecule has 3 unspecified atom stereocenters. The van der Waals surface area contributed by atoms with Crippen molar-refractivity contribution >= 4 is 5.97 Å². The highest BCUT2D eigenvalue weighted by Gasteiger charge is 2.22. The fourth-order valence-electron chi connectivity index (χ4n) is 2.60. The monoisotopic (exact) mass is 392 g/mol. The van der Waals surface area contributed by atoms with Crippen molar-refractivity contribution < 1.29 is 30.0 Å². The normalized spacial score (nSPS) is 14.0. The minimum absolute atomic E-state index is 0.250. The highest BCUT2D eigenvalue weighted by molar-refractivity contribution is 5.69. The maximum absolute atomic E-state index is 11.5. The van der Waals surface area contributed by atoms with Crippen molar-refractivity contribution in [3.05, 3.63) is 0 Å². The van der Waals surface area contributed by atoms with Gasteiger partial charge in [0.2, 0.25) is 0 Å². The molecule has 0 aliphatic carbocycles. The zero-order valence-electron chi connectivity index (χ0n) is 17.7. The zero-order chi connectivity index (χ0) is 20.9. The van der Waals surface area contributed by atoms with Gasteiger partial charge in [0.05, 0.1) is 6.10 Å². The smallest absolute Gasteiger partial charge is 0.305 e. The van der Waals surface area contributed by atoms with E-state index < -0.39 is 18.3 Å². The number of aliphatic hydroxyl groups excluding tert-OH is 4. The molecule has 0 aromatic rings. The summed E-state index contributed by atoms with van der Waals surface area (Å²) >= 11 is 0. The van der Waals surface area contributed by atoms with Gasteiger partial charge >= 0.3 is 5.97 Å². The molecule has 0 aliphatic rings. The lowest BCUT2D eigenvalue weighted by molar-refractivity contribution is -0.151. The minimum Gasteiger partial charge on any atom is -0.463 e. The zero-order valence-corrected chi connectivity index (χ0v) is 17.7. The van der Waals surface area contributed by atoms with Gasteiger partial charge in [0.1, 0.15) is 18.8 Å². The Morgan fingerprint density at radius 2 is 1.22 bits per heavy atom. The van der Waals surface area contributed by atoms with Gasteiger partial charge in [0.15, 0.2) is 0 Å². The average Bonchev–Trinajstić information content (AvgIpc) is 2.64. The Kier molecular flexibility index (Phi) is 22.8. The molecular formula is C21H44O6. The van der Waals surface area contributed by atoms with Gasteiger partial charge < -0.3 is 25.2 Å². The van der Waals surface area contributed by atoms with Crippen molar-refractivity contribution in [2.45, 2.75) is 116 Å². The van der Waals surface area contributed by atoms with E-state index in [-0.39, 0.29) is 19.2 Å². The Balaban J connectivity index is 0. The number of carbonyl (C=O) groups excluding carboxylic acids is 1. The van der Waals surface area contributed by atoms with Crippen molar-refractivity contribution in [3.8, 4) is 0 Å². The lowest BCUT2D eigenvalue weighted by Crippen LogP contribution is -2.39. The van der Waals surface area contributed by atoms with Crippen LogP contribution in [-0.4, -0.2) is 57.9 Å². The van der Waals surface area contributed by atoms with Crippen molar-refractivity contribution in [1.82, 2.24) is 0 Å². The molecule has 0 fully saturated rings. The molecular weight excluding hydrogens is 348 g/mol. The lowest BCUT2D eigenvalue weighted by atomic mass is 10.1. The minimum atomic E-state index is -1.29. The summed E-state index contributed by atoms with van der Waals surface area (Å²) in [6, 6.07) is 0. The van der Waals surface area contributed by atoms with Gasteiger partial charge in [-0.15, -0.1) is 0 Å². The summed E-state index contributed by atoms with van der Waals surface area (Å²) in [6.45, 7) is 5.26. The SMILES string of the molecule is CCCCCCCCCCCCCC(=O)OCC(O)C(O)C(C)O.CCO. The molecule has 0 aliphatic heterocycles. The first-order valence-corrected chi connectivity index (χ1v) is 10.7. The first-order valence-electron chi connectivity index (χ1n) is 10.7. The van der Waals surface area contributed by atoms with Gasteiger partial charge in [-0.2, -0.15) is 0 Å². The molecule has 0 saturated heterocycles. The summed E-state index contributed by atoms with van der Waals surface area (Å²) in [6.07, 6.45) is 10.2. The van der Waals surface area contributed by atoms with E-state index in [1.807, 2.05) is 0 Å². The third-order valence-electron chi connectivity index (χ3n) is 4.29. The van der Waals surface area contributed by atoms with Crippen LogP contribution in [0.3, 0.4) is 0 Å². The quantitative estimate of drug-likeness (QED) is 0.237. The second kappa shape index (κ2) is 21.6. The first kappa shape index (κ1) is 28.5. The molecule has 0 amide bonds. The number of carbonyl (C=O) groups is 1. The summed E-state index contributed by atoms with van der Waals surface area (Å²) < 4.78 is 4.91. The van der Waals surface area contributed by atoms with Gasteiger partial charge in [0, 0.05) is 13.0 Å². The van der Waals surface area contributed by atoms with Crippen molar-refractivity contribution in [1.29, 1.82) is 0 Å². The molecule has 6 heteroatoms. The highest BCUT2D eigenvalue weighted by Crippen LogP contribution is 2.12. The third-order valence-corrected chi connectivity index (χ3v) is 4.29. The van der Waals surface area contributed by atoms with Gasteiger partial charge in [-0.3, -0.25) is 4.79 Å². The molecule has 4 N–H and O–H groups in total. The Morgan fingerprint density at radius 1 is 0.815 bits per heavy atom. The number of unbranched alkanes of at least 4 members (excludes halogenated alkanes) is 10. The molecule has 0 heterocycles. The number of ether oxygens (including phenoxy) is 1. The van der Waals surface area contributed by atoms with E-state index in [0.29, 0.717) is 6.42 Å². The van der Waals surface area contributed by atoms with Crippen LogP contribution in [-0.2, 0) is 9.53 Å². The largest absolute Gasteiger partial charge is 0.463 e. The summed E-state index contributed by atoms with van der Waals surface area (Å²) in [4.78, 5) is 11.5. The molecule has 3 atom stereocenters. The summed E-state index contributed by atoms with van der Waals surface area (Å²) in [5, 5.41) is 35.6. The van der Waals surface area contributed by atoms with Crippen LogP contribution < -0.4 is 0 Å². The maximum Gasteiger partial charge on any atom is 0.305 e.